The molecule has 0 saturated heterocycles. The number of amides is 1. The number of carbonyl (C=O) groups is 1. The number of rotatable bonds is 3. The Kier molecular flexibility index (Phi) is 9.66. The summed E-state index contributed by atoms with van der Waals surface area (Å²) in [6.07, 6.45) is 2.29. The summed E-state index contributed by atoms with van der Waals surface area (Å²) in [6.45, 7) is 10.1. The highest BCUT2D eigenvalue weighted by Crippen LogP contribution is 2.11. The molecule has 3 N–H and O–H groups in total. The molecule has 1 amide bonds. The lowest BCUT2D eigenvalue weighted by Gasteiger charge is -2.14. The summed E-state index contributed by atoms with van der Waals surface area (Å²) < 4.78 is 0. The van der Waals surface area contributed by atoms with Crippen LogP contribution in [-0.4, -0.2) is 18.7 Å². The Balaban J connectivity index is 0. The van der Waals surface area contributed by atoms with Crippen molar-refractivity contribution in [3.05, 3.63) is 0 Å². The van der Waals surface area contributed by atoms with Crippen molar-refractivity contribution >= 4 is 12.1 Å². The minimum Gasteiger partial charge on any atom is -0.330 e. The zero-order valence-electron chi connectivity index (χ0n) is 9.92. The van der Waals surface area contributed by atoms with Crippen LogP contribution in [0.4, 0.5) is 0 Å². The van der Waals surface area contributed by atoms with Gasteiger partial charge >= 0.3 is 0 Å². The molecular weight excluding hydrogens is 178 g/mol. The smallest absolute Gasteiger partial charge is 0.245 e. The number of carbonyl (C=O) groups excluding carboxylic acids is 1. The zero-order valence-corrected chi connectivity index (χ0v) is 9.92. The molecule has 0 saturated carbocycles. The molecule has 4 heteroatoms. The molecule has 84 valence electrons. The van der Waals surface area contributed by atoms with E-state index in [1.54, 1.807) is 6.21 Å². The second kappa shape index (κ2) is 8.69. The van der Waals surface area contributed by atoms with Crippen LogP contribution < -0.4 is 11.2 Å². The van der Waals surface area contributed by atoms with Crippen molar-refractivity contribution in [3.8, 4) is 0 Å². The van der Waals surface area contributed by atoms with Crippen LogP contribution >= 0.6 is 0 Å². The average molecular weight is 201 g/mol. The Morgan fingerprint density at radius 2 is 1.93 bits per heavy atom. The molecule has 0 aliphatic carbocycles. The molecular formula is C10H23N3O. The van der Waals surface area contributed by atoms with E-state index < -0.39 is 0 Å². The predicted molar refractivity (Wildman–Crippen MR) is 61.1 cm³/mol. The van der Waals surface area contributed by atoms with Gasteiger partial charge in [-0.1, -0.05) is 34.6 Å². The zero-order chi connectivity index (χ0) is 11.6. The van der Waals surface area contributed by atoms with Crippen molar-refractivity contribution in [1.29, 1.82) is 0 Å². The van der Waals surface area contributed by atoms with Gasteiger partial charge in [-0.2, -0.15) is 5.10 Å². The predicted octanol–water partition coefficient (Wildman–Crippen LogP) is 1.51. The van der Waals surface area contributed by atoms with Gasteiger partial charge in [0.05, 0.1) is 0 Å². The molecule has 0 aromatic rings. The molecule has 0 aromatic carbocycles. The van der Waals surface area contributed by atoms with E-state index in [9.17, 15) is 4.79 Å². The van der Waals surface area contributed by atoms with Gasteiger partial charge in [0, 0.05) is 11.6 Å². The molecule has 0 unspecified atom stereocenters. The maximum absolute atomic E-state index is 11.2. The van der Waals surface area contributed by atoms with Gasteiger partial charge in [-0.3, -0.25) is 4.79 Å². The van der Waals surface area contributed by atoms with Gasteiger partial charge in [0.1, 0.15) is 0 Å². The average Bonchev–Trinajstić information content (AvgIpc) is 2.14. The number of hydrogen-bond donors (Lipinski definition) is 2. The fourth-order valence-corrected chi connectivity index (χ4v) is 0.411. The Hall–Kier alpha value is -0.900. The number of nitrogens with two attached hydrogens (primary N) is 1. The van der Waals surface area contributed by atoms with E-state index in [0.29, 0.717) is 13.0 Å². The normalized spacial score (nSPS) is 10.7. The second-order valence-electron chi connectivity index (χ2n) is 3.58. The van der Waals surface area contributed by atoms with E-state index in [4.69, 9.17) is 5.73 Å². The van der Waals surface area contributed by atoms with Gasteiger partial charge in [-0.25, -0.2) is 5.43 Å². The maximum atomic E-state index is 11.2. The first-order valence-electron chi connectivity index (χ1n) is 5.00. The molecule has 0 bridgehead atoms. The summed E-state index contributed by atoms with van der Waals surface area (Å²) in [5, 5.41) is 3.72. The molecule has 0 atom stereocenters. The Morgan fingerprint density at radius 1 is 1.43 bits per heavy atom. The summed E-state index contributed by atoms with van der Waals surface area (Å²) in [7, 11) is 0. The van der Waals surface area contributed by atoms with Crippen molar-refractivity contribution < 1.29 is 4.79 Å². The lowest BCUT2D eigenvalue weighted by atomic mass is 9.96. The summed E-state index contributed by atoms with van der Waals surface area (Å²) in [5.41, 5.74) is 7.27. The monoisotopic (exact) mass is 201 g/mol. The summed E-state index contributed by atoms with van der Waals surface area (Å²) in [6, 6.07) is 0. The van der Waals surface area contributed by atoms with E-state index in [1.165, 1.54) is 0 Å². The van der Waals surface area contributed by atoms with Crippen molar-refractivity contribution in [2.75, 3.05) is 6.54 Å². The number of hydrazone groups is 1. The highest BCUT2D eigenvalue weighted by molar-refractivity contribution is 5.81. The van der Waals surface area contributed by atoms with E-state index in [0.717, 1.165) is 0 Å². The van der Waals surface area contributed by atoms with Gasteiger partial charge in [0.15, 0.2) is 0 Å². The first-order valence-corrected chi connectivity index (χ1v) is 5.00. The topological polar surface area (TPSA) is 67.5 Å². The third kappa shape index (κ3) is 9.19. The molecule has 0 fully saturated rings. The lowest BCUT2D eigenvalue weighted by Crippen LogP contribution is -2.31. The van der Waals surface area contributed by atoms with E-state index in [-0.39, 0.29) is 11.3 Å². The van der Waals surface area contributed by atoms with E-state index in [2.05, 4.69) is 10.5 Å². The standard InChI is InChI=1S/C8H17N3O.C2H6/c1-8(2,3)7(12)11-10-6-4-5-9;1-2/h6H,4-5,9H2,1-3H3,(H,11,12);1-2H3/b10-6+;. The number of nitrogens with zero attached hydrogens (tertiary/aromatic N) is 1. The maximum Gasteiger partial charge on any atom is 0.245 e. The SMILES string of the molecule is CC.CC(C)(C)C(=O)N/N=C/CCN. The molecule has 4 nitrogen and oxygen atoms in total. The van der Waals surface area contributed by atoms with Crippen molar-refractivity contribution in [2.24, 2.45) is 16.3 Å². The summed E-state index contributed by atoms with van der Waals surface area (Å²) in [4.78, 5) is 11.2. The fourth-order valence-electron chi connectivity index (χ4n) is 0.411. The molecule has 0 radical (unpaired) electrons. The third-order valence-electron chi connectivity index (χ3n) is 1.23. The molecule has 0 aliphatic heterocycles. The van der Waals surface area contributed by atoms with Gasteiger partial charge in [0.2, 0.25) is 5.91 Å². The van der Waals surface area contributed by atoms with Crippen molar-refractivity contribution in [3.63, 3.8) is 0 Å². The van der Waals surface area contributed by atoms with Crippen LogP contribution in [0.25, 0.3) is 0 Å². The van der Waals surface area contributed by atoms with Crippen LogP contribution in [0, 0.1) is 5.41 Å². The highest BCUT2D eigenvalue weighted by Gasteiger charge is 2.20. The molecule has 0 aromatic heterocycles. The second-order valence-corrected chi connectivity index (χ2v) is 3.58. The molecule has 0 spiro atoms. The van der Waals surface area contributed by atoms with Crippen molar-refractivity contribution in [2.45, 2.75) is 41.0 Å². The van der Waals surface area contributed by atoms with Crippen LogP contribution in [0.15, 0.2) is 5.10 Å². The van der Waals surface area contributed by atoms with E-state index >= 15 is 0 Å². The summed E-state index contributed by atoms with van der Waals surface area (Å²) in [5.74, 6) is -0.0872. The Morgan fingerprint density at radius 3 is 2.29 bits per heavy atom. The number of hydrogen-bond acceptors (Lipinski definition) is 3. The first kappa shape index (κ1) is 15.6. The summed E-state index contributed by atoms with van der Waals surface area (Å²) >= 11 is 0. The van der Waals surface area contributed by atoms with Gasteiger partial charge in [-0.15, -0.1) is 0 Å². The quantitative estimate of drug-likeness (QED) is 0.537. The van der Waals surface area contributed by atoms with Crippen molar-refractivity contribution in [1.82, 2.24) is 5.43 Å². The lowest BCUT2D eigenvalue weighted by molar-refractivity contribution is -0.128. The minimum atomic E-state index is -0.389. The van der Waals surface area contributed by atoms with E-state index in [1.807, 2.05) is 34.6 Å². The van der Waals surface area contributed by atoms with Crippen LogP contribution in [-0.2, 0) is 4.79 Å². The third-order valence-corrected chi connectivity index (χ3v) is 1.23. The van der Waals surface area contributed by atoms with Crippen LogP contribution in [0.3, 0.4) is 0 Å². The largest absolute Gasteiger partial charge is 0.330 e. The first-order chi connectivity index (χ1) is 6.48. The minimum absolute atomic E-state index is 0.0872. The highest BCUT2D eigenvalue weighted by atomic mass is 16.2. The molecule has 0 heterocycles. The van der Waals surface area contributed by atoms with Crippen LogP contribution in [0.1, 0.15) is 41.0 Å². The Bertz CT molecular complexity index is 171. The molecule has 0 aliphatic rings. The number of nitrogens with one attached hydrogen (secondary N) is 1. The van der Waals surface area contributed by atoms with Gasteiger partial charge in [-0.05, 0) is 13.0 Å². The molecule has 14 heavy (non-hydrogen) atoms. The van der Waals surface area contributed by atoms with Crippen LogP contribution in [0.5, 0.6) is 0 Å². The van der Waals surface area contributed by atoms with Crippen LogP contribution in [0.2, 0.25) is 0 Å². The Labute approximate surface area is 86.9 Å². The van der Waals surface area contributed by atoms with Gasteiger partial charge in [0.25, 0.3) is 0 Å². The molecule has 0 rings (SSSR count). The fraction of sp³-hybridized carbons (Fsp3) is 0.800. The van der Waals surface area contributed by atoms with Gasteiger partial charge < -0.3 is 5.73 Å².